The quantitative estimate of drug-likeness (QED) is 0.490. The Hall–Kier alpha value is -3.56. The number of nitrogens with zero attached hydrogens (tertiary/aromatic N) is 2. The molecule has 1 aromatic heterocycles. The Bertz CT molecular complexity index is 1110. The van der Waals surface area contributed by atoms with Gasteiger partial charge in [-0.25, -0.2) is 0 Å². The largest absolute Gasteiger partial charge is 0.418 e. The minimum absolute atomic E-state index is 0.0189. The molecule has 2 aromatic carbocycles. The molecule has 0 bridgehead atoms. The van der Waals surface area contributed by atoms with E-state index < -0.39 is 41.1 Å². The van der Waals surface area contributed by atoms with Gasteiger partial charge in [-0.2, -0.15) is 26.3 Å². The van der Waals surface area contributed by atoms with Crippen LogP contribution >= 0.6 is 0 Å². The fourth-order valence-corrected chi connectivity index (χ4v) is 3.19. The van der Waals surface area contributed by atoms with Crippen LogP contribution in [0.5, 0.6) is 0 Å². The Morgan fingerprint density at radius 2 is 1.48 bits per heavy atom. The summed E-state index contributed by atoms with van der Waals surface area (Å²) < 4.78 is 79.7. The number of pyridine rings is 1. The molecule has 3 aromatic rings. The molecule has 4 nitrogen and oxygen atoms in total. The molecular weight excluding hydrogens is 448 g/mol. The zero-order valence-electron chi connectivity index (χ0n) is 17.5. The number of halogens is 6. The molecule has 1 amide bonds. The molecule has 0 spiro atoms. The molecule has 1 atom stereocenters. The lowest BCUT2D eigenvalue weighted by atomic mass is 9.97. The molecule has 0 unspecified atom stereocenters. The average molecular weight is 467 g/mol. The van der Waals surface area contributed by atoms with Crippen molar-refractivity contribution in [3.63, 3.8) is 0 Å². The summed E-state index contributed by atoms with van der Waals surface area (Å²) in [5.74, 6) is -0.705. The zero-order valence-corrected chi connectivity index (χ0v) is 17.5. The normalized spacial score (nSPS) is 12.8. The van der Waals surface area contributed by atoms with Crippen molar-refractivity contribution < 1.29 is 31.1 Å². The minimum atomic E-state index is -4.79. The van der Waals surface area contributed by atoms with E-state index in [9.17, 15) is 31.1 Å². The van der Waals surface area contributed by atoms with Gasteiger partial charge in [0.1, 0.15) is 0 Å². The van der Waals surface area contributed by atoms with E-state index in [1.54, 1.807) is 31.1 Å². The topological polar surface area (TPSA) is 45.2 Å². The lowest BCUT2D eigenvalue weighted by Gasteiger charge is -2.23. The van der Waals surface area contributed by atoms with Crippen molar-refractivity contribution in [3.05, 3.63) is 94.8 Å². The maximum Gasteiger partial charge on any atom is 0.418 e. The van der Waals surface area contributed by atoms with E-state index in [2.05, 4.69) is 10.3 Å². The van der Waals surface area contributed by atoms with E-state index in [0.717, 1.165) is 48.3 Å². The summed E-state index contributed by atoms with van der Waals surface area (Å²) in [5, 5.41) is 2.49. The highest BCUT2D eigenvalue weighted by atomic mass is 19.4. The molecule has 0 saturated heterocycles. The predicted molar refractivity (Wildman–Crippen MR) is 111 cm³/mol. The summed E-state index contributed by atoms with van der Waals surface area (Å²) in [4.78, 5) is 18.5. The molecule has 0 fully saturated rings. The summed E-state index contributed by atoms with van der Waals surface area (Å²) in [5.41, 5.74) is -1.60. The first-order valence-corrected chi connectivity index (χ1v) is 9.65. The Kier molecular flexibility index (Phi) is 6.66. The average Bonchev–Trinajstić information content (AvgIpc) is 2.76. The molecule has 1 heterocycles. The number of hydrogen-bond acceptors (Lipinski definition) is 3. The van der Waals surface area contributed by atoms with Crippen LogP contribution in [0.4, 0.5) is 32.0 Å². The Labute approximate surface area is 185 Å². The number of hydrogen-bond donors (Lipinski definition) is 1. The van der Waals surface area contributed by atoms with Crippen LogP contribution in [-0.2, 0) is 12.4 Å². The van der Waals surface area contributed by atoms with Crippen molar-refractivity contribution in [2.24, 2.45) is 0 Å². The number of rotatable bonds is 5. The highest BCUT2D eigenvalue weighted by Gasteiger charge is 2.37. The monoisotopic (exact) mass is 467 g/mol. The fraction of sp³-hybridized carbons (Fsp3) is 0.217. The Morgan fingerprint density at radius 1 is 0.879 bits per heavy atom. The Balaban J connectivity index is 2.04. The van der Waals surface area contributed by atoms with Crippen LogP contribution in [0, 0.1) is 0 Å². The highest BCUT2D eigenvalue weighted by Crippen LogP contribution is 2.36. The first kappa shape index (κ1) is 24.1. The molecule has 3 rings (SSSR count). The molecule has 174 valence electrons. The maximum absolute atomic E-state index is 13.6. The van der Waals surface area contributed by atoms with Crippen LogP contribution < -0.4 is 10.2 Å². The number of nitrogens with one attached hydrogen (secondary N) is 1. The standard InChI is InChI=1S/C23H19F6N3O/c1-32(2)17-11-7-15(8-12-17)21(33)31-19(14-5-9-16(10-6-14)22(24,25)26)20-18(23(27,28)29)4-3-13-30-20/h3-13,19H,1-2H3,(H,31,33)/t19-/m0/s1. The number of alkyl halides is 6. The third kappa shape index (κ3) is 5.63. The van der Waals surface area contributed by atoms with E-state index in [1.165, 1.54) is 12.1 Å². The van der Waals surface area contributed by atoms with E-state index in [4.69, 9.17) is 0 Å². The molecule has 0 aliphatic rings. The number of carbonyl (C=O) groups excluding carboxylic acids is 1. The van der Waals surface area contributed by atoms with Gasteiger partial charge in [0.05, 0.1) is 22.9 Å². The summed E-state index contributed by atoms with van der Waals surface area (Å²) in [6.45, 7) is 0. The first-order valence-electron chi connectivity index (χ1n) is 9.65. The van der Waals surface area contributed by atoms with Gasteiger partial charge in [-0.15, -0.1) is 0 Å². The smallest absolute Gasteiger partial charge is 0.378 e. The molecule has 0 saturated carbocycles. The summed E-state index contributed by atoms with van der Waals surface area (Å²) in [6.07, 6.45) is -8.28. The number of carbonyl (C=O) groups is 1. The second kappa shape index (κ2) is 9.13. The molecule has 1 N–H and O–H groups in total. The molecule has 0 radical (unpaired) electrons. The van der Waals surface area contributed by atoms with Crippen molar-refractivity contribution >= 4 is 11.6 Å². The van der Waals surface area contributed by atoms with Crippen molar-refractivity contribution in [3.8, 4) is 0 Å². The lowest BCUT2D eigenvalue weighted by molar-refractivity contribution is -0.139. The number of amides is 1. The van der Waals surface area contributed by atoms with Gasteiger partial charge in [0, 0.05) is 31.5 Å². The fourth-order valence-electron chi connectivity index (χ4n) is 3.19. The van der Waals surface area contributed by atoms with E-state index in [1.807, 2.05) is 0 Å². The number of aromatic nitrogens is 1. The van der Waals surface area contributed by atoms with Crippen molar-refractivity contribution in [1.82, 2.24) is 10.3 Å². The van der Waals surface area contributed by atoms with Crippen LogP contribution in [0.2, 0.25) is 0 Å². The van der Waals surface area contributed by atoms with E-state index in [0.29, 0.717) is 0 Å². The SMILES string of the molecule is CN(C)c1ccc(C(=O)N[C@@H](c2ccc(C(F)(F)F)cc2)c2ncccc2C(F)(F)F)cc1. The summed E-state index contributed by atoms with van der Waals surface area (Å²) in [7, 11) is 3.60. The van der Waals surface area contributed by atoms with Gasteiger partial charge in [-0.1, -0.05) is 12.1 Å². The third-order valence-corrected chi connectivity index (χ3v) is 4.91. The van der Waals surface area contributed by atoms with Crippen molar-refractivity contribution in [2.45, 2.75) is 18.4 Å². The molecular formula is C23H19F6N3O. The second-order valence-corrected chi connectivity index (χ2v) is 7.40. The minimum Gasteiger partial charge on any atom is -0.378 e. The molecule has 10 heteroatoms. The van der Waals surface area contributed by atoms with Gasteiger partial charge in [-0.3, -0.25) is 9.78 Å². The van der Waals surface area contributed by atoms with Crippen molar-refractivity contribution in [1.29, 1.82) is 0 Å². The summed E-state index contributed by atoms with van der Waals surface area (Å²) in [6, 6.07) is 10.3. The molecule has 33 heavy (non-hydrogen) atoms. The van der Waals surface area contributed by atoms with Crippen molar-refractivity contribution in [2.75, 3.05) is 19.0 Å². The van der Waals surface area contributed by atoms with Gasteiger partial charge < -0.3 is 10.2 Å². The van der Waals surface area contributed by atoms with Crippen LogP contribution in [-0.4, -0.2) is 25.0 Å². The molecule has 0 aliphatic heterocycles. The number of anilines is 1. The highest BCUT2D eigenvalue weighted by molar-refractivity contribution is 5.95. The van der Waals surface area contributed by atoms with Gasteiger partial charge >= 0.3 is 12.4 Å². The maximum atomic E-state index is 13.6. The Morgan fingerprint density at radius 3 is 2.00 bits per heavy atom. The van der Waals surface area contributed by atoms with Gasteiger partial charge in [0.15, 0.2) is 0 Å². The van der Waals surface area contributed by atoms with Gasteiger partial charge in [0.25, 0.3) is 5.91 Å². The number of benzene rings is 2. The van der Waals surface area contributed by atoms with Crippen LogP contribution in [0.15, 0.2) is 66.9 Å². The summed E-state index contributed by atoms with van der Waals surface area (Å²) >= 11 is 0. The van der Waals surface area contributed by atoms with Gasteiger partial charge in [-0.05, 0) is 54.1 Å². The van der Waals surface area contributed by atoms with Gasteiger partial charge in [0.2, 0.25) is 0 Å². The van der Waals surface area contributed by atoms with Crippen LogP contribution in [0.1, 0.15) is 38.8 Å². The van der Waals surface area contributed by atoms with E-state index in [-0.39, 0.29) is 11.1 Å². The first-order chi connectivity index (χ1) is 15.4. The predicted octanol–water partition coefficient (Wildman–Crippen LogP) is 5.70. The lowest BCUT2D eigenvalue weighted by Crippen LogP contribution is -2.31. The van der Waals surface area contributed by atoms with Crippen LogP contribution in [0.3, 0.4) is 0 Å². The van der Waals surface area contributed by atoms with Crippen LogP contribution in [0.25, 0.3) is 0 Å². The third-order valence-electron chi connectivity index (χ3n) is 4.91. The molecule has 0 aliphatic carbocycles. The zero-order chi connectivity index (χ0) is 24.4. The second-order valence-electron chi connectivity index (χ2n) is 7.40. The van der Waals surface area contributed by atoms with E-state index >= 15 is 0 Å².